The van der Waals surface area contributed by atoms with Crippen LogP contribution in [-0.2, 0) is 6.54 Å². The molecule has 2 N–H and O–H groups in total. The van der Waals surface area contributed by atoms with Crippen LogP contribution >= 0.6 is 0 Å². The SMILES string of the molecule is CC[C@@H](C)Nc1nc(NCc2ccccc2OC)cc(-c2ccncc2)n1. The molecule has 0 aliphatic heterocycles. The standard InChI is InChI=1S/C21H25N5O/c1-4-15(2)24-21-25-18(16-9-11-22-12-10-16)13-20(26-21)23-14-17-7-5-6-8-19(17)27-3/h5-13,15H,4,14H2,1-3H3,(H2,23,24,25,26)/t15-/m1/s1. The molecular weight excluding hydrogens is 338 g/mol. The molecule has 6 nitrogen and oxygen atoms in total. The van der Waals surface area contributed by atoms with Gasteiger partial charge in [0.2, 0.25) is 5.95 Å². The van der Waals surface area contributed by atoms with Crippen molar-refractivity contribution in [2.75, 3.05) is 17.7 Å². The van der Waals surface area contributed by atoms with Gasteiger partial charge in [0.05, 0.1) is 12.8 Å². The molecule has 0 saturated carbocycles. The van der Waals surface area contributed by atoms with Gasteiger partial charge in [0.1, 0.15) is 11.6 Å². The minimum Gasteiger partial charge on any atom is -0.496 e. The fourth-order valence-electron chi connectivity index (χ4n) is 2.63. The minimum absolute atomic E-state index is 0.291. The first-order valence-corrected chi connectivity index (χ1v) is 9.11. The highest BCUT2D eigenvalue weighted by atomic mass is 16.5. The predicted octanol–water partition coefficient (Wildman–Crippen LogP) is 4.37. The minimum atomic E-state index is 0.291. The van der Waals surface area contributed by atoms with Crippen LogP contribution < -0.4 is 15.4 Å². The molecule has 0 aliphatic rings. The number of hydrogen-bond acceptors (Lipinski definition) is 6. The van der Waals surface area contributed by atoms with Crippen molar-refractivity contribution in [3.05, 3.63) is 60.4 Å². The quantitative estimate of drug-likeness (QED) is 0.619. The van der Waals surface area contributed by atoms with Gasteiger partial charge in [-0.05, 0) is 31.5 Å². The molecule has 0 fully saturated rings. The topological polar surface area (TPSA) is 72.0 Å². The Morgan fingerprint density at radius 2 is 1.85 bits per heavy atom. The second kappa shape index (κ2) is 8.98. The number of benzene rings is 1. The van der Waals surface area contributed by atoms with Crippen molar-refractivity contribution < 1.29 is 4.74 Å². The predicted molar refractivity (Wildman–Crippen MR) is 109 cm³/mol. The second-order valence-corrected chi connectivity index (χ2v) is 6.32. The first-order chi connectivity index (χ1) is 13.2. The smallest absolute Gasteiger partial charge is 0.225 e. The van der Waals surface area contributed by atoms with E-state index in [1.165, 1.54) is 0 Å². The summed E-state index contributed by atoms with van der Waals surface area (Å²) in [5.41, 5.74) is 2.92. The van der Waals surface area contributed by atoms with E-state index < -0.39 is 0 Å². The van der Waals surface area contributed by atoms with Crippen molar-refractivity contribution in [2.24, 2.45) is 0 Å². The lowest BCUT2D eigenvalue weighted by Crippen LogP contribution is -2.16. The molecule has 6 heteroatoms. The summed E-state index contributed by atoms with van der Waals surface area (Å²) in [6.45, 7) is 4.86. The van der Waals surface area contributed by atoms with E-state index in [4.69, 9.17) is 4.74 Å². The molecule has 0 spiro atoms. The van der Waals surface area contributed by atoms with Crippen molar-refractivity contribution in [2.45, 2.75) is 32.9 Å². The van der Waals surface area contributed by atoms with E-state index in [2.05, 4.69) is 39.4 Å². The Morgan fingerprint density at radius 1 is 1.07 bits per heavy atom. The zero-order valence-corrected chi connectivity index (χ0v) is 15.9. The molecular formula is C21H25N5O. The first-order valence-electron chi connectivity index (χ1n) is 9.11. The lowest BCUT2D eigenvalue weighted by molar-refractivity contribution is 0.410. The summed E-state index contributed by atoms with van der Waals surface area (Å²) in [5, 5.41) is 6.75. The molecule has 140 valence electrons. The zero-order valence-electron chi connectivity index (χ0n) is 15.9. The number of ether oxygens (including phenoxy) is 1. The average molecular weight is 363 g/mol. The van der Waals surface area contributed by atoms with Crippen molar-refractivity contribution in [3.63, 3.8) is 0 Å². The van der Waals surface area contributed by atoms with Gasteiger partial charge in [0, 0.05) is 42.2 Å². The molecule has 27 heavy (non-hydrogen) atoms. The molecule has 2 aromatic heterocycles. The normalized spacial score (nSPS) is 11.7. The largest absolute Gasteiger partial charge is 0.496 e. The Bertz CT molecular complexity index is 869. The molecule has 3 aromatic rings. The Hall–Kier alpha value is -3.15. The fraction of sp³-hybridized carbons (Fsp3) is 0.286. The summed E-state index contributed by atoms with van der Waals surface area (Å²) in [6.07, 6.45) is 4.52. The molecule has 0 bridgehead atoms. The van der Waals surface area contributed by atoms with Crippen LogP contribution in [0.5, 0.6) is 5.75 Å². The average Bonchev–Trinajstić information content (AvgIpc) is 2.72. The molecule has 0 aliphatic carbocycles. The second-order valence-electron chi connectivity index (χ2n) is 6.32. The van der Waals surface area contributed by atoms with E-state index >= 15 is 0 Å². The number of pyridine rings is 1. The van der Waals surface area contributed by atoms with Crippen LogP contribution in [0.1, 0.15) is 25.8 Å². The van der Waals surface area contributed by atoms with Crippen LogP contribution in [0, 0.1) is 0 Å². The summed E-state index contributed by atoms with van der Waals surface area (Å²) in [4.78, 5) is 13.4. The Morgan fingerprint density at radius 3 is 2.59 bits per heavy atom. The summed E-state index contributed by atoms with van der Waals surface area (Å²) in [6, 6.07) is 14.1. The molecule has 2 heterocycles. The zero-order chi connectivity index (χ0) is 19.1. The van der Waals surface area contributed by atoms with Gasteiger partial charge in [0.25, 0.3) is 0 Å². The highest BCUT2D eigenvalue weighted by molar-refractivity contribution is 5.64. The van der Waals surface area contributed by atoms with Gasteiger partial charge in [-0.3, -0.25) is 4.98 Å². The number of methoxy groups -OCH3 is 1. The molecule has 1 aromatic carbocycles. The van der Waals surface area contributed by atoms with Crippen LogP contribution in [0.25, 0.3) is 11.3 Å². The van der Waals surface area contributed by atoms with E-state index in [-0.39, 0.29) is 0 Å². The van der Waals surface area contributed by atoms with Crippen molar-refractivity contribution in [1.82, 2.24) is 15.0 Å². The Labute approximate surface area is 160 Å². The van der Waals surface area contributed by atoms with E-state index in [0.717, 1.165) is 34.8 Å². The summed E-state index contributed by atoms with van der Waals surface area (Å²) in [5.74, 6) is 2.22. The highest BCUT2D eigenvalue weighted by Crippen LogP contribution is 2.23. The number of anilines is 2. The monoisotopic (exact) mass is 363 g/mol. The lowest BCUT2D eigenvalue weighted by atomic mass is 10.2. The van der Waals surface area contributed by atoms with E-state index in [0.29, 0.717) is 18.5 Å². The van der Waals surface area contributed by atoms with Gasteiger partial charge in [0.15, 0.2) is 0 Å². The van der Waals surface area contributed by atoms with E-state index in [9.17, 15) is 0 Å². The van der Waals surface area contributed by atoms with Crippen LogP contribution in [0.4, 0.5) is 11.8 Å². The number of para-hydroxylation sites is 1. The number of aromatic nitrogens is 3. The fourth-order valence-corrected chi connectivity index (χ4v) is 2.63. The maximum Gasteiger partial charge on any atom is 0.225 e. The summed E-state index contributed by atoms with van der Waals surface area (Å²) >= 11 is 0. The lowest BCUT2D eigenvalue weighted by Gasteiger charge is -2.15. The number of nitrogens with one attached hydrogen (secondary N) is 2. The Balaban J connectivity index is 1.87. The molecule has 1 atom stereocenters. The summed E-state index contributed by atoms with van der Waals surface area (Å²) in [7, 11) is 1.68. The van der Waals surface area contributed by atoms with Gasteiger partial charge < -0.3 is 15.4 Å². The van der Waals surface area contributed by atoms with Gasteiger partial charge in [-0.25, -0.2) is 4.98 Å². The van der Waals surface area contributed by atoms with Crippen LogP contribution in [0.3, 0.4) is 0 Å². The van der Waals surface area contributed by atoms with Crippen LogP contribution in [0.15, 0.2) is 54.9 Å². The molecule has 0 amide bonds. The summed E-state index contributed by atoms with van der Waals surface area (Å²) < 4.78 is 5.43. The molecule has 0 unspecified atom stereocenters. The van der Waals surface area contributed by atoms with Crippen molar-refractivity contribution >= 4 is 11.8 Å². The van der Waals surface area contributed by atoms with Gasteiger partial charge in [-0.2, -0.15) is 4.98 Å². The van der Waals surface area contributed by atoms with Gasteiger partial charge in [-0.1, -0.05) is 25.1 Å². The van der Waals surface area contributed by atoms with Gasteiger partial charge in [-0.15, -0.1) is 0 Å². The van der Waals surface area contributed by atoms with Crippen LogP contribution in [-0.4, -0.2) is 28.1 Å². The first kappa shape index (κ1) is 18.6. The maximum atomic E-state index is 5.43. The Kier molecular flexibility index (Phi) is 6.20. The van der Waals surface area contributed by atoms with Crippen molar-refractivity contribution in [3.8, 4) is 17.0 Å². The number of nitrogens with zero attached hydrogens (tertiary/aromatic N) is 3. The highest BCUT2D eigenvalue weighted by Gasteiger charge is 2.09. The van der Waals surface area contributed by atoms with Gasteiger partial charge >= 0.3 is 0 Å². The van der Waals surface area contributed by atoms with E-state index in [1.54, 1.807) is 19.5 Å². The molecule has 3 rings (SSSR count). The maximum absolute atomic E-state index is 5.43. The third-order valence-corrected chi connectivity index (χ3v) is 4.34. The van der Waals surface area contributed by atoms with E-state index in [1.807, 2.05) is 42.5 Å². The third-order valence-electron chi connectivity index (χ3n) is 4.34. The van der Waals surface area contributed by atoms with Crippen molar-refractivity contribution in [1.29, 1.82) is 0 Å². The number of rotatable bonds is 8. The third kappa shape index (κ3) is 4.94. The van der Waals surface area contributed by atoms with Crippen LogP contribution in [0.2, 0.25) is 0 Å². The molecule has 0 radical (unpaired) electrons. The molecule has 0 saturated heterocycles. The number of hydrogen-bond donors (Lipinski definition) is 2.